The van der Waals surface area contributed by atoms with Crippen LogP contribution in [-0.2, 0) is 4.79 Å². The molecule has 0 heterocycles. The molecule has 6 unspecified atom stereocenters. The predicted molar refractivity (Wildman–Crippen MR) is 94.0 cm³/mol. The minimum atomic E-state index is -0.175. The highest BCUT2D eigenvalue weighted by atomic mass is 16.2. The van der Waals surface area contributed by atoms with E-state index in [2.05, 4.69) is 36.6 Å². The maximum absolute atomic E-state index is 12.5. The average molecular weight is 314 g/mol. The summed E-state index contributed by atoms with van der Waals surface area (Å²) >= 11 is 0. The molecule has 6 atom stereocenters. The van der Waals surface area contributed by atoms with Crippen molar-refractivity contribution in [3.63, 3.8) is 0 Å². The van der Waals surface area contributed by atoms with E-state index in [1.807, 2.05) is 25.1 Å². The van der Waals surface area contributed by atoms with Crippen molar-refractivity contribution in [2.75, 3.05) is 0 Å². The first-order valence-electron chi connectivity index (χ1n) is 9.16. The molecule has 2 saturated carbocycles. The normalized spacial score (nSPS) is 30.0. The van der Waals surface area contributed by atoms with Crippen LogP contribution in [0, 0.1) is 17.8 Å². The number of amides is 1. The van der Waals surface area contributed by atoms with Gasteiger partial charge in [0.25, 0.3) is 0 Å². The van der Waals surface area contributed by atoms with Crippen molar-refractivity contribution in [2.45, 2.75) is 64.6 Å². The van der Waals surface area contributed by atoms with Gasteiger partial charge in [-0.1, -0.05) is 36.8 Å². The van der Waals surface area contributed by atoms with E-state index in [1.165, 1.54) is 31.2 Å². The minimum Gasteiger partial charge on any atom is -0.352 e. The van der Waals surface area contributed by atoms with Gasteiger partial charge >= 0.3 is 0 Å². The Morgan fingerprint density at radius 2 is 1.83 bits per heavy atom. The van der Waals surface area contributed by atoms with Gasteiger partial charge < -0.3 is 5.32 Å². The van der Waals surface area contributed by atoms with Crippen LogP contribution in [-0.4, -0.2) is 18.0 Å². The number of hydrogen-bond donors (Lipinski definition) is 2. The van der Waals surface area contributed by atoms with Crippen LogP contribution in [0.15, 0.2) is 30.3 Å². The van der Waals surface area contributed by atoms with Crippen LogP contribution in [0.4, 0.5) is 0 Å². The molecule has 3 rings (SSSR count). The predicted octanol–water partition coefficient (Wildman–Crippen LogP) is 3.67. The van der Waals surface area contributed by atoms with Gasteiger partial charge in [-0.2, -0.15) is 0 Å². The number of carbonyl (C=O) groups is 1. The van der Waals surface area contributed by atoms with E-state index in [4.69, 9.17) is 0 Å². The molecule has 0 saturated heterocycles. The SMILES string of the molecule is CC(NC(C)c1ccccc1)C(=O)NC(C)C1CC2CCC1C2. The molecule has 2 N–H and O–H groups in total. The largest absolute Gasteiger partial charge is 0.352 e. The van der Waals surface area contributed by atoms with Crippen LogP contribution >= 0.6 is 0 Å². The lowest BCUT2D eigenvalue weighted by Gasteiger charge is -2.30. The smallest absolute Gasteiger partial charge is 0.237 e. The second-order valence-electron chi connectivity index (χ2n) is 7.66. The summed E-state index contributed by atoms with van der Waals surface area (Å²) in [6.07, 6.45) is 5.49. The Hall–Kier alpha value is -1.35. The van der Waals surface area contributed by atoms with Crippen molar-refractivity contribution < 1.29 is 4.79 Å². The van der Waals surface area contributed by atoms with E-state index in [0.29, 0.717) is 12.0 Å². The zero-order valence-corrected chi connectivity index (χ0v) is 14.6. The summed E-state index contributed by atoms with van der Waals surface area (Å²) in [6.45, 7) is 6.26. The van der Waals surface area contributed by atoms with Gasteiger partial charge in [-0.05, 0) is 63.4 Å². The van der Waals surface area contributed by atoms with Gasteiger partial charge in [-0.25, -0.2) is 0 Å². The maximum atomic E-state index is 12.5. The molecule has 3 heteroatoms. The summed E-state index contributed by atoms with van der Waals surface area (Å²) in [7, 11) is 0. The number of carbonyl (C=O) groups excluding carboxylic acids is 1. The van der Waals surface area contributed by atoms with E-state index in [9.17, 15) is 4.79 Å². The Bertz CT molecular complexity index is 530. The summed E-state index contributed by atoms with van der Waals surface area (Å²) in [5.74, 6) is 2.60. The van der Waals surface area contributed by atoms with E-state index >= 15 is 0 Å². The molecule has 1 amide bonds. The third kappa shape index (κ3) is 3.77. The lowest BCUT2D eigenvalue weighted by molar-refractivity contribution is -0.124. The molecule has 1 aromatic carbocycles. The molecular formula is C20H30N2O. The fourth-order valence-corrected chi connectivity index (χ4v) is 4.65. The maximum Gasteiger partial charge on any atom is 0.237 e. The molecule has 0 aromatic heterocycles. The molecule has 3 nitrogen and oxygen atoms in total. The summed E-state index contributed by atoms with van der Waals surface area (Å²) in [5, 5.41) is 6.68. The lowest BCUT2D eigenvalue weighted by atomic mass is 9.84. The van der Waals surface area contributed by atoms with Crippen molar-refractivity contribution in [1.29, 1.82) is 0 Å². The summed E-state index contributed by atoms with van der Waals surface area (Å²) in [6, 6.07) is 10.6. The average Bonchev–Trinajstić information content (AvgIpc) is 3.18. The fourth-order valence-electron chi connectivity index (χ4n) is 4.65. The number of benzene rings is 1. The van der Waals surface area contributed by atoms with Gasteiger partial charge in [0.2, 0.25) is 5.91 Å². The molecular weight excluding hydrogens is 284 g/mol. The molecule has 0 spiro atoms. The Morgan fingerprint density at radius 1 is 1.09 bits per heavy atom. The molecule has 2 fully saturated rings. The first-order chi connectivity index (χ1) is 11.0. The van der Waals surface area contributed by atoms with Crippen LogP contribution < -0.4 is 10.6 Å². The van der Waals surface area contributed by atoms with Gasteiger partial charge in [-0.15, -0.1) is 0 Å². The van der Waals surface area contributed by atoms with Gasteiger partial charge in [0.1, 0.15) is 0 Å². The Morgan fingerprint density at radius 3 is 2.43 bits per heavy atom. The molecule has 2 bridgehead atoms. The molecule has 0 aliphatic heterocycles. The number of nitrogens with one attached hydrogen (secondary N) is 2. The first-order valence-corrected chi connectivity index (χ1v) is 9.16. The van der Waals surface area contributed by atoms with Crippen molar-refractivity contribution in [3.05, 3.63) is 35.9 Å². The monoisotopic (exact) mass is 314 g/mol. The number of fused-ring (bicyclic) bond motifs is 2. The fraction of sp³-hybridized carbons (Fsp3) is 0.650. The van der Waals surface area contributed by atoms with Crippen molar-refractivity contribution in [2.24, 2.45) is 17.8 Å². The van der Waals surface area contributed by atoms with Gasteiger partial charge in [0, 0.05) is 12.1 Å². The van der Waals surface area contributed by atoms with Gasteiger partial charge in [-0.3, -0.25) is 10.1 Å². The Balaban J connectivity index is 1.49. The first kappa shape index (κ1) is 16.5. The molecule has 126 valence electrons. The third-order valence-corrected chi connectivity index (χ3v) is 6.00. The summed E-state index contributed by atoms with van der Waals surface area (Å²) in [5.41, 5.74) is 1.22. The highest BCUT2D eigenvalue weighted by Crippen LogP contribution is 2.49. The topological polar surface area (TPSA) is 41.1 Å². The Kier molecular flexibility index (Phi) is 5.05. The highest BCUT2D eigenvalue weighted by molar-refractivity contribution is 5.81. The second-order valence-corrected chi connectivity index (χ2v) is 7.66. The molecule has 23 heavy (non-hydrogen) atoms. The molecule has 2 aliphatic rings. The summed E-state index contributed by atoms with van der Waals surface area (Å²) in [4.78, 5) is 12.5. The van der Waals surface area contributed by atoms with Gasteiger partial charge in [0.15, 0.2) is 0 Å². The van der Waals surface area contributed by atoms with Crippen molar-refractivity contribution >= 4 is 5.91 Å². The van der Waals surface area contributed by atoms with Crippen LogP contribution in [0.3, 0.4) is 0 Å². The minimum absolute atomic E-state index is 0.128. The lowest BCUT2D eigenvalue weighted by Crippen LogP contribution is -2.48. The van der Waals surface area contributed by atoms with E-state index in [-0.39, 0.29) is 18.0 Å². The number of hydrogen-bond acceptors (Lipinski definition) is 2. The third-order valence-electron chi connectivity index (χ3n) is 6.00. The van der Waals surface area contributed by atoms with E-state index in [1.54, 1.807) is 0 Å². The number of rotatable bonds is 6. The van der Waals surface area contributed by atoms with Crippen LogP contribution in [0.2, 0.25) is 0 Å². The van der Waals surface area contributed by atoms with Crippen molar-refractivity contribution in [3.8, 4) is 0 Å². The van der Waals surface area contributed by atoms with E-state index in [0.717, 1.165) is 11.8 Å². The van der Waals surface area contributed by atoms with Gasteiger partial charge in [0.05, 0.1) is 6.04 Å². The highest BCUT2D eigenvalue weighted by Gasteiger charge is 2.42. The molecule has 2 aliphatic carbocycles. The summed E-state index contributed by atoms with van der Waals surface area (Å²) < 4.78 is 0. The molecule has 0 radical (unpaired) electrons. The van der Waals surface area contributed by atoms with Crippen LogP contribution in [0.1, 0.15) is 58.1 Å². The Labute approximate surface area is 140 Å². The zero-order chi connectivity index (χ0) is 16.4. The van der Waals surface area contributed by atoms with Crippen LogP contribution in [0.25, 0.3) is 0 Å². The van der Waals surface area contributed by atoms with Crippen LogP contribution in [0.5, 0.6) is 0 Å². The van der Waals surface area contributed by atoms with Crippen molar-refractivity contribution in [1.82, 2.24) is 10.6 Å². The second kappa shape index (κ2) is 7.04. The zero-order valence-electron chi connectivity index (χ0n) is 14.6. The standard InChI is InChI=1S/C20H30N2O/c1-13(17-7-5-4-6-8-17)21-15(3)20(23)22-14(2)19-12-16-9-10-18(19)11-16/h4-8,13-16,18-19,21H,9-12H2,1-3H3,(H,22,23). The quantitative estimate of drug-likeness (QED) is 0.841. The van der Waals surface area contributed by atoms with E-state index < -0.39 is 0 Å². The molecule has 1 aromatic rings.